The van der Waals surface area contributed by atoms with Crippen LogP contribution in [0.3, 0.4) is 0 Å². The molecule has 0 unspecified atom stereocenters. The maximum atomic E-state index is 13.5. The van der Waals surface area contributed by atoms with Crippen molar-refractivity contribution in [2.75, 3.05) is 37.6 Å². The topological polar surface area (TPSA) is 206 Å². The highest BCUT2D eigenvalue weighted by atomic mass is 35.5. The molecule has 6 aromatic heterocycles. The van der Waals surface area contributed by atoms with Gasteiger partial charge in [0.2, 0.25) is 11.9 Å². The molecule has 2 aliphatic heterocycles. The number of benzene rings is 2. The molecule has 380 valence electrons. The molecular weight excluding hydrogens is 970 g/mol. The summed E-state index contributed by atoms with van der Waals surface area (Å²) in [6, 6.07) is 20.6. The van der Waals surface area contributed by atoms with Gasteiger partial charge in [-0.1, -0.05) is 13.3 Å². The number of nitrogens with zero attached hydrogens (tertiary/aromatic N) is 13. The Labute approximate surface area is 441 Å². The van der Waals surface area contributed by atoms with Crippen LogP contribution in [0.5, 0.6) is 0 Å². The summed E-state index contributed by atoms with van der Waals surface area (Å²) < 4.78 is 31.1. The molecule has 2 saturated heterocycles. The van der Waals surface area contributed by atoms with Crippen LogP contribution < -0.4 is 16.8 Å². The summed E-state index contributed by atoms with van der Waals surface area (Å²) in [5.41, 5.74) is 18.1. The summed E-state index contributed by atoms with van der Waals surface area (Å²) in [4.78, 5) is 44.9. The maximum Gasteiger partial charge on any atom is 0.220 e. The largest absolute Gasteiger partial charge is 0.368 e. The van der Waals surface area contributed by atoms with Crippen LogP contribution in [0.2, 0.25) is 0 Å². The number of nitrogens with one attached hydrogen (secondary N) is 1. The van der Waals surface area contributed by atoms with Crippen molar-refractivity contribution in [2.45, 2.75) is 64.5 Å². The monoisotopic (exact) mass is 1020 g/mol. The molecule has 8 aromatic rings. The van der Waals surface area contributed by atoms with Crippen molar-refractivity contribution in [3.63, 3.8) is 0 Å². The first kappa shape index (κ1) is 55.4. The molecule has 0 aliphatic carbocycles. The third-order valence-electron chi connectivity index (χ3n) is 11.5. The molecule has 19 heteroatoms. The number of likely N-dealkylation sites (tertiary alicyclic amines) is 1. The van der Waals surface area contributed by atoms with Gasteiger partial charge in [0.15, 0.2) is 0 Å². The second-order valence-electron chi connectivity index (χ2n) is 16.3. The van der Waals surface area contributed by atoms with Crippen molar-refractivity contribution in [1.82, 2.24) is 69.2 Å². The van der Waals surface area contributed by atoms with E-state index < -0.39 is 0 Å². The molecule has 0 spiro atoms. The van der Waals surface area contributed by atoms with E-state index in [2.05, 4.69) is 111 Å². The summed E-state index contributed by atoms with van der Waals surface area (Å²) in [6.45, 7) is 6.26. The highest BCUT2D eigenvalue weighted by molar-refractivity contribution is 6.16. The molecule has 2 aliphatic rings. The molecule has 5 N–H and O–H groups in total. The Morgan fingerprint density at radius 2 is 1.05 bits per heavy atom. The van der Waals surface area contributed by atoms with E-state index in [1.54, 1.807) is 74.4 Å². The number of aromatic nitrogens is 12. The van der Waals surface area contributed by atoms with Crippen LogP contribution in [-0.4, -0.2) is 90.1 Å². The number of rotatable bonds is 9. The first-order valence-corrected chi connectivity index (χ1v) is 24.0. The number of hydrogen-bond acceptors (Lipinski definition) is 14. The summed E-state index contributed by atoms with van der Waals surface area (Å²) in [5, 5.41) is 3.38. The highest BCUT2D eigenvalue weighted by Crippen LogP contribution is 2.37. The molecule has 8 heterocycles. The number of terminal acetylenes is 1. The Kier molecular flexibility index (Phi) is 21.4. The van der Waals surface area contributed by atoms with Gasteiger partial charge in [0.1, 0.15) is 23.3 Å². The zero-order valence-corrected chi connectivity index (χ0v) is 41.2. The summed E-state index contributed by atoms with van der Waals surface area (Å²) in [5.74, 6) is 18.8. The van der Waals surface area contributed by atoms with Crippen LogP contribution in [0, 0.1) is 59.5 Å². The quantitative estimate of drug-likeness (QED) is 0.0916. The highest BCUT2D eigenvalue weighted by Gasteiger charge is 2.27. The van der Waals surface area contributed by atoms with Crippen molar-refractivity contribution in [3.8, 4) is 93.2 Å². The van der Waals surface area contributed by atoms with Gasteiger partial charge in [-0.2, -0.15) is 0 Å². The number of piperidine rings is 2. The van der Waals surface area contributed by atoms with Gasteiger partial charge in [0, 0.05) is 73.5 Å². The molecular formula is C56H55ClF2N16. The molecule has 0 saturated carbocycles. The number of nitrogen functional groups attached to an aromatic ring is 2. The zero-order chi connectivity index (χ0) is 51.9. The Morgan fingerprint density at radius 1 is 0.600 bits per heavy atom. The van der Waals surface area contributed by atoms with Crippen molar-refractivity contribution < 1.29 is 8.78 Å². The molecule has 2 aromatic carbocycles. The average Bonchev–Trinajstić information content (AvgIpc) is 4.09. The Hall–Kier alpha value is -8.91. The lowest BCUT2D eigenvalue weighted by Gasteiger charge is -2.32. The fourth-order valence-corrected chi connectivity index (χ4v) is 8.21. The first-order valence-electron chi connectivity index (χ1n) is 23.5. The molecule has 10 rings (SSSR count). The van der Waals surface area contributed by atoms with Gasteiger partial charge >= 0.3 is 0 Å². The zero-order valence-electron chi connectivity index (χ0n) is 40.5. The minimum Gasteiger partial charge on any atom is -0.368 e. The second-order valence-corrected chi connectivity index (χ2v) is 16.6. The summed E-state index contributed by atoms with van der Waals surface area (Å²) >= 11 is 5.40. The smallest absolute Gasteiger partial charge is 0.220 e. The van der Waals surface area contributed by atoms with Gasteiger partial charge in [-0.15, -0.1) is 18.0 Å². The Bertz CT molecular complexity index is 3280. The molecule has 75 heavy (non-hydrogen) atoms. The van der Waals surface area contributed by atoms with Crippen molar-refractivity contribution in [3.05, 3.63) is 146 Å². The second kappa shape index (κ2) is 29.0. The minimum absolute atomic E-state index is 0. The SMILES string of the molecule is C.C#CC#CC#CC#CC.ClCc1ncccn1.Nc1nccc(-c2c(-c3ccc(F)cc3)ncn2C2CCN(Cc3ncccn3)CC2)n1.Nc1nccc(-c2c(-c3ccc(F)cc3)ncn2C2CCNCC2)n1. The van der Waals surface area contributed by atoms with Crippen molar-refractivity contribution in [2.24, 2.45) is 0 Å². The van der Waals surface area contributed by atoms with E-state index >= 15 is 0 Å². The fourth-order valence-electron chi connectivity index (χ4n) is 8.08. The number of alkyl halides is 1. The third kappa shape index (κ3) is 16.0. The maximum absolute atomic E-state index is 13.5. The van der Waals surface area contributed by atoms with Crippen LogP contribution in [0.4, 0.5) is 20.7 Å². The Morgan fingerprint density at radius 3 is 1.49 bits per heavy atom. The number of nitrogens with two attached hydrogens (primary N) is 2. The molecule has 0 radical (unpaired) electrons. The van der Waals surface area contributed by atoms with Gasteiger partial charge in [-0.05, 0) is 154 Å². The van der Waals surface area contributed by atoms with E-state index in [4.69, 9.17) is 29.5 Å². The number of imidazole rings is 2. The number of hydrogen-bond donors (Lipinski definition) is 3. The molecule has 0 atom stereocenters. The van der Waals surface area contributed by atoms with Crippen LogP contribution in [-0.2, 0) is 12.4 Å². The van der Waals surface area contributed by atoms with Crippen molar-refractivity contribution >= 4 is 23.5 Å². The lowest BCUT2D eigenvalue weighted by Crippen LogP contribution is -2.34. The van der Waals surface area contributed by atoms with Gasteiger partial charge in [-0.25, -0.2) is 58.6 Å². The lowest BCUT2D eigenvalue weighted by molar-refractivity contribution is 0.176. The molecule has 2 fully saturated rings. The van der Waals surface area contributed by atoms with E-state index in [0.717, 1.165) is 104 Å². The van der Waals surface area contributed by atoms with Crippen LogP contribution in [0.15, 0.2) is 123 Å². The molecule has 0 bridgehead atoms. The van der Waals surface area contributed by atoms with E-state index in [0.29, 0.717) is 23.4 Å². The van der Waals surface area contributed by atoms with E-state index in [9.17, 15) is 8.78 Å². The van der Waals surface area contributed by atoms with Gasteiger partial charge in [0.25, 0.3) is 0 Å². The Balaban J connectivity index is 0.000000187. The average molecular weight is 1030 g/mol. The molecule has 16 nitrogen and oxygen atoms in total. The minimum atomic E-state index is -0.282. The first-order chi connectivity index (χ1) is 36.2. The lowest BCUT2D eigenvalue weighted by atomic mass is 10.0. The van der Waals surface area contributed by atoms with Crippen LogP contribution in [0.25, 0.3) is 45.3 Å². The van der Waals surface area contributed by atoms with E-state index in [1.807, 2.05) is 30.9 Å². The predicted molar refractivity (Wildman–Crippen MR) is 289 cm³/mol. The fraction of sp³-hybridized carbons (Fsp3) is 0.250. The normalized spacial score (nSPS) is 13.0. The number of anilines is 2. The van der Waals surface area contributed by atoms with E-state index in [1.165, 1.54) is 24.3 Å². The van der Waals surface area contributed by atoms with E-state index in [-0.39, 0.29) is 37.0 Å². The van der Waals surface area contributed by atoms with Gasteiger partial charge in [-0.3, -0.25) is 4.90 Å². The van der Waals surface area contributed by atoms with Crippen LogP contribution >= 0.6 is 11.6 Å². The standard InChI is InChI=1S/C23H23FN8.C18H19FN6.C9H4.C5H5ClN2.CH4/c24-17-4-2-16(3-5-17)21-22(19-6-11-28-23(25)30-19)32(15-29-21)18-7-12-31(13-8-18)14-20-26-9-1-10-27-20;19-13-3-1-12(2-4-13)16-17(15-7-10-22-18(20)24-15)25(11-23-16)14-5-8-21-9-6-14;1-3-5-7-9-8-6-4-2;6-4-5-7-2-1-3-8-5;/h1-6,9-11,15,18H,7-8,12-14H2,(H2,25,28,30);1-4,7,10-11,14,21H,5-6,8-9H2,(H2,20,22,24);1H,2H3;1-3H,4H2;1H4. The summed E-state index contributed by atoms with van der Waals surface area (Å²) in [7, 11) is 0. The van der Waals surface area contributed by atoms with Gasteiger partial charge in [0.05, 0.1) is 59.2 Å². The predicted octanol–water partition coefficient (Wildman–Crippen LogP) is 8.51. The molecule has 0 amide bonds. The number of halogens is 3. The van der Waals surface area contributed by atoms with Crippen molar-refractivity contribution in [1.29, 1.82) is 0 Å². The third-order valence-corrected chi connectivity index (χ3v) is 11.7. The summed E-state index contributed by atoms with van der Waals surface area (Å²) in [6.07, 6.45) is 22.7. The van der Waals surface area contributed by atoms with Gasteiger partial charge < -0.3 is 25.9 Å². The van der Waals surface area contributed by atoms with Crippen LogP contribution in [0.1, 0.15) is 63.8 Å².